The molecule has 0 atom stereocenters. The summed E-state index contributed by atoms with van der Waals surface area (Å²) in [5, 5.41) is 5.92. The molecule has 0 spiro atoms. The average Bonchev–Trinajstić information content (AvgIpc) is 3.24. The number of hydrogen-bond donors (Lipinski definition) is 1. The van der Waals surface area contributed by atoms with Crippen LogP contribution in [0, 0.1) is 0 Å². The molecular weight excluding hydrogens is 677 g/mol. The summed E-state index contributed by atoms with van der Waals surface area (Å²) in [5.41, 5.74) is 12.1. The van der Waals surface area contributed by atoms with Crippen LogP contribution in [0.4, 0.5) is 11.4 Å². The molecule has 0 aliphatic carbocycles. The Morgan fingerprint density at radius 2 is 1.41 bits per heavy atom. The van der Waals surface area contributed by atoms with Gasteiger partial charge in [-0.05, 0) is 110 Å². The fourth-order valence-corrected chi connectivity index (χ4v) is 6.61. The third-order valence-corrected chi connectivity index (χ3v) is 9.67. The Hall–Kier alpha value is -7.16. The molecular formula is C54H48N2. The second-order valence-corrected chi connectivity index (χ2v) is 13.3. The highest BCUT2D eigenvalue weighted by Crippen LogP contribution is 2.34. The van der Waals surface area contributed by atoms with Crippen LogP contribution in [0.1, 0.15) is 23.6 Å². The molecule has 1 aliphatic rings. The second kappa shape index (κ2) is 19.3. The molecule has 2 nitrogen and oxygen atoms in total. The minimum atomic E-state index is 0.708. The molecule has 274 valence electrons. The van der Waals surface area contributed by atoms with E-state index in [0.29, 0.717) is 6.54 Å². The van der Waals surface area contributed by atoms with Crippen LogP contribution in [-0.2, 0) is 0 Å². The van der Waals surface area contributed by atoms with Gasteiger partial charge in [-0.2, -0.15) is 0 Å². The molecule has 1 heterocycles. The van der Waals surface area contributed by atoms with Crippen LogP contribution < -0.4 is 10.2 Å². The van der Waals surface area contributed by atoms with Crippen LogP contribution in [0.2, 0.25) is 0 Å². The van der Waals surface area contributed by atoms with E-state index in [9.17, 15) is 0 Å². The second-order valence-electron chi connectivity index (χ2n) is 13.3. The smallest absolute Gasteiger partial charge is 0.0409 e. The minimum absolute atomic E-state index is 0.708. The first-order chi connectivity index (χ1) is 27.5. The number of fused-ring (bicyclic) bond motifs is 1. The van der Waals surface area contributed by atoms with Crippen molar-refractivity contribution in [2.75, 3.05) is 16.8 Å². The fraction of sp³-hybridized carbons (Fsp3) is 0.0370. The lowest BCUT2D eigenvalue weighted by Gasteiger charge is -2.20. The summed E-state index contributed by atoms with van der Waals surface area (Å²) in [5.74, 6) is 0. The van der Waals surface area contributed by atoms with Crippen molar-refractivity contribution < 1.29 is 0 Å². The number of hydrogen-bond acceptors (Lipinski definition) is 2. The van der Waals surface area contributed by atoms with Gasteiger partial charge in [0.1, 0.15) is 0 Å². The number of benzene rings is 5. The summed E-state index contributed by atoms with van der Waals surface area (Å²) in [6.07, 6.45) is 26.8. The molecule has 6 rings (SSSR count). The lowest BCUT2D eigenvalue weighted by Crippen LogP contribution is -2.15. The van der Waals surface area contributed by atoms with Crippen LogP contribution >= 0.6 is 0 Å². The third kappa shape index (κ3) is 9.68. The van der Waals surface area contributed by atoms with Gasteiger partial charge in [0.05, 0.1) is 0 Å². The number of para-hydroxylation sites is 1. The van der Waals surface area contributed by atoms with Crippen LogP contribution in [0.25, 0.3) is 27.5 Å². The summed E-state index contributed by atoms with van der Waals surface area (Å²) in [6.45, 7) is 20.3. The predicted octanol–water partition coefficient (Wildman–Crippen LogP) is 14.3. The SMILES string of the molecule is C=C/C=C(\C=C\Nc1ccc(C(=C)/C=C\C(=C/C)c2cccc3ccccc23)cc1)C1=C/C=C\N(c2ccccc2)C/C=C\C=C(\c2ccccc2)C(=C)C\1=C. The molecule has 0 fully saturated rings. The van der Waals surface area contributed by atoms with E-state index in [1.807, 2.05) is 42.6 Å². The molecule has 0 saturated heterocycles. The van der Waals surface area contributed by atoms with Crippen molar-refractivity contribution in [3.05, 3.63) is 272 Å². The maximum atomic E-state index is 4.59. The highest BCUT2D eigenvalue weighted by atomic mass is 15.1. The summed E-state index contributed by atoms with van der Waals surface area (Å²) >= 11 is 0. The molecule has 0 radical (unpaired) electrons. The van der Waals surface area contributed by atoms with E-state index in [2.05, 4.69) is 201 Å². The summed E-state index contributed by atoms with van der Waals surface area (Å²) in [6, 6.07) is 44.0. The Bertz CT molecular complexity index is 2450. The molecule has 0 saturated carbocycles. The molecule has 1 N–H and O–H groups in total. The maximum absolute atomic E-state index is 4.59. The van der Waals surface area contributed by atoms with E-state index in [4.69, 9.17) is 0 Å². The molecule has 5 aromatic rings. The van der Waals surface area contributed by atoms with Crippen LogP contribution in [-0.4, -0.2) is 6.54 Å². The van der Waals surface area contributed by atoms with E-state index in [-0.39, 0.29) is 0 Å². The normalized spacial score (nSPS) is 17.4. The Labute approximate surface area is 333 Å². The van der Waals surface area contributed by atoms with Crippen molar-refractivity contribution in [3.8, 4) is 0 Å². The maximum Gasteiger partial charge on any atom is 0.0409 e. The number of nitrogens with one attached hydrogen (secondary N) is 1. The first-order valence-corrected chi connectivity index (χ1v) is 18.9. The predicted molar refractivity (Wildman–Crippen MR) is 246 cm³/mol. The zero-order valence-electron chi connectivity index (χ0n) is 32.1. The Morgan fingerprint density at radius 3 is 2.16 bits per heavy atom. The van der Waals surface area contributed by atoms with Gasteiger partial charge in [0.15, 0.2) is 0 Å². The van der Waals surface area contributed by atoms with E-state index in [1.54, 1.807) is 6.08 Å². The first-order valence-electron chi connectivity index (χ1n) is 18.9. The van der Waals surface area contributed by atoms with E-state index in [0.717, 1.165) is 61.5 Å². The van der Waals surface area contributed by atoms with E-state index < -0.39 is 0 Å². The molecule has 0 aromatic heterocycles. The monoisotopic (exact) mass is 724 g/mol. The number of rotatable bonds is 11. The van der Waals surface area contributed by atoms with Gasteiger partial charge in [-0.3, -0.25) is 0 Å². The Balaban J connectivity index is 1.22. The standard InChI is InChI=1S/C54H48N2/c1-6-20-46(37-38-55-49-35-33-45(34-36-49)41(3)31-32-44(7-2)53-29-18-24-48-23-14-15-28-54(48)53)52-30-19-40-56(50-25-12-9-13-26-50)39-17-16-27-51(42(4)43(52)5)47-21-10-8-11-22-47/h6-38,40,55H,1,3-5,39H2,2H3/b17-16-,32-31-,38-37+,40-19-,44-7+,46-20+,51-27+,52-30+. The minimum Gasteiger partial charge on any atom is -0.362 e. The van der Waals surface area contributed by atoms with Crippen molar-refractivity contribution in [1.82, 2.24) is 0 Å². The van der Waals surface area contributed by atoms with E-state index in [1.165, 1.54) is 16.3 Å². The molecule has 0 unspecified atom stereocenters. The van der Waals surface area contributed by atoms with Crippen LogP contribution in [0.3, 0.4) is 0 Å². The summed E-state index contributed by atoms with van der Waals surface area (Å²) in [7, 11) is 0. The first kappa shape index (κ1) is 38.6. The number of allylic oxidation sites excluding steroid dienone is 17. The molecule has 2 heteroatoms. The fourth-order valence-electron chi connectivity index (χ4n) is 6.61. The van der Waals surface area contributed by atoms with Gasteiger partial charge >= 0.3 is 0 Å². The molecule has 1 aliphatic heterocycles. The van der Waals surface area contributed by atoms with Gasteiger partial charge in [0.25, 0.3) is 0 Å². The van der Waals surface area contributed by atoms with Crippen molar-refractivity contribution in [2.24, 2.45) is 0 Å². The average molecular weight is 725 g/mol. The molecule has 56 heavy (non-hydrogen) atoms. The largest absolute Gasteiger partial charge is 0.362 e. The van der Waals surface area contributed by atoms with Crippen molar-refractivity contribution in [3.63, 3.8) is 0 Å². The molecule has 0 bridgehead atoms. The lowest BCUT2D eigenvalue weighted by molar-refractivity contribution is 1.09. The number of anilines is 2. The quantitative estimate of drug-likeness (QED) is 0.136. The summed E-state index contributed by atoms with van der Waals surface area (Å²) in [4.78, 5) is 2.21. The van der Waals surface area contributed by atoms with Gasteiger partial charge in [0, 0.05) is 30.3 Å². The third-order valence-electron chi connectivity index (χ3n) is 9.67. The van der Waals surface area contributed by atoms with Crippen LogP contribution in [0.15, 0.2) is 255 Å². The lowest BCUT2D eigenvalue weighted by atomic mass is 9.86. The topological polar surface area (TPSA) is 15.3 Å². The van der Waals surface area contributed by atoms with E-state index >= 15 is 0 Å². The van der Waals surface area contributed by atoms with Crippen molar-refractivity contribution in [1.29, 1.82) is 0 Å². The van der Waals surface area contributed by atoms with Crippen molar-refractivity contribution >= 4 is 38.9 Å². The van der Waals surface area contributed by atoms with Gasteiger partial charge < -0.3 is 10.2 Å². The molecule has 0 amide bonds. The summed E-state index contributed by atoms with van der Waals surface area (Å²) < 4.78 is 0. The van der Waals surface area contributed by atoms with Gasteiger partial charge in [-0.25, -0.2) is 0 Å². The van der Waals surface area contributed by atoms with Gasteiger partial charge in [-0.1, -0.05) is 184 Å². The number of nitrogens with zero attached hydrogens (tertiary/aromatic N) is 1. The van der Waals surface area contributed by atoms with Crippen LogP contribution in [0.5, 0.6) is 0 Å². The zero-order valence-corrected chi connectivity index (χ0v) is 32.1. The van der Waals surface area contributed by atoms with Crippen molar-refractivity contribution in [2.45, 2.75) is 6.92 Å². The highest BCUT2D eigenvalue weighted by Gasteiger charge is 2.15. The molecule has 5 aromatic carbocycles. The van der Waals surface area contributed by atoms with Gasteiger partial charge in [0.2, 0.25) is 0 Å². The Kier molecular flexibility index (Phi) is 13.3. The highest BCUT2D eigenvalue weighted by molar-refractivity contribution is 5.96. The zero-order chi connectivity index (χ0) is 39.1. The van der Waals surface area contributed by atoms with Gasteiger partial charge in [-0.15, -0.1) is 0 Å². The Morgan fingerprint density at radius 1 is 0.696 bits per heavy atom.